The van der Waals surface area contributed by atoms with Crippen LogP contribution < -0.4 is 10.6 Å². The van der Waals surface area contributed by atoms with Gasteiger partial charge in [0.25, 0.3) is 5.91 Å². The zero-order valence-corrected chi connectivity index (χ0v) is 22.9. The number of hydrogen-bond acceptors (Lipinski definition) is 7. The van der Waals surface area contributed by atoms with Gasteiger partial charge in [0.15, 0.2) is 0 Å². The number of nitrogens with one attached hydrogen (secondary N) is 2. The molecule has 8 nitrogen and oxygen atoms in total. The number of rotatable bonds is 9. The average molecular weight is 551 g/mol. The van der Waals surface area contributed by atoms with Crippen molar-refractivity contribution in [3.8, 4) is 0 Å². The number of nitrogens with zero attached hydrogens (tertiary/aromatic N) is 2. The highest BCUT2D eigenvalue weighted by Crippen LogP contribution is 2.25. The molecule has 2 atom stereocenters. The molecule has 1 amide bonds. The highest BCUT2D eigenvalue weighted by Gasteiger charge is 2.23. The lowest BCUT2D eigenvalue weighted by Gasteiger charge is -2.19. The normalized spacial score (nSPS) is 18.8. The van der Waals surface area contributed by atoms with Crippen LogP contribution >= 0.6 is 0 Å². The van der Waals surface area contributed by atoms with E-state index >= 15 is 0 Å². The molecule has 1 aromatic heterocycles. The van der Waals surface area contributed by atoms with Gasteiger partial charge in [-0.05, 0) is 73.4 Å². The molecule has 2 aliphatic rings. The van der Waals surface area contributed by atoms with Crippen LogP contribution in [0.3, 0.4) is 0 Å². The van der Waals surface area contributed by atoms with E-state index in [-0.39, 0.29) is 18.6 Å². The number of benzene rings is 3. The largest absolute Gasteiger partial charge is 0.459 e. The SMILES string of the molecule is O=C(Nc1cccc(CN2CCC(Nc3cccc4cnccc34)C2)c1)c1ccc(C(=O)OCC2CCCO2)cc1. The molecule has 2 saturated heterocycles. The van der Waals surface area contributed by atoms with E-state index in [9.17, 15) is 9.59 Å². The summed E-state index contributed by atoms with van der Waals surface area (Å²) in [6.45, 7) is 3.73. The molecular formula is C33H34N4O4. The number of fused-ring (bicyclic) bond motifs is 1. The molecule has 6 rings (SSSR count). The Kier molecular flexibility index (Phi) is 8.21. The summed E-state index contributed by atoms with van der Waals surface area (Å²) >= 11 is 0. The Morgan fingerprint density at radius 1 is 1.00 bits per heavy atom. The maximum Gasteiger partial charge on any atom is 0.338 e. The number of pyridine rings is 1. The second-order valence-electron chi connectivity index (χ2n) is 10.7. The first-order valence-electron chi connectivity index (χ1n) is 14.2. The highest BCUT2D eigenvalue weighted by atomic mass is 16.6. The second kappa shape index (κ2) is 12.5. The van der Waals surface area contributed by atoms with Crippen molar-refractivity contribution in [1.82, 2.24) is 9.88 Å². The summed E-state index contributed by atoms with van der Waals surface area (Å²) in [6.07, 6.45) is 6.68. The van der Waals surface area contributed by atoms with Crippen LogP contribution in [0.4, 0.5) is 11.4 Å². The molecule has 41 heavy (non-hydrogen) atoms. The molecule has 8 heteroatoms. The summed E-state index contributed by atoms with van der Waals surface area (Å²) in [5.74, 6) is -0.633. The van der Waals surface area contributed by atoms with Gasteiger partial charge in [-0.2, -0.15) is 0 Å². The van der Waals surface area contributed by atoms with E-state index in [2.05, 4.69) is 50.8 Å². The molecule has 2 N–H and O–H groups in total. The van der Waals surface area contributed by atoms with Crippen LogP contribution in [0.1, 0.15) is 45.5 Å². The molecule has 0 aliphatic carbocycles. The summed E-state index contributed by atoms with van der Waals surface area (Å²) in [7, 11) is 0. The fourth-order valence-electron chi connectivity index (χ4n) is 5.56. The number of anilines is 2. The van der Waals surface area contributed by atoms with Crippen molar-refractivity contribution in [3.05, 3.63) is 102 Å². The van der Waals surface area contributed by atoms with Gasteiger partial charge in [0.2, 0.25) is 0 Å². The summed E-state index contributed by atoms with van der Waals surface area (Å²) in [5.41, 5.74) is 3.92. The number of ether oxygens (including phenoxy) is 2. The maximum absolute atomic E-state index is 12.9. The first-order chi connectivity index (χ1) is 20.1. The molecule has 0 saturated carbocycles. The molecule has 0 bridgehead atoms. The minimum absolute atomic E-state index is 0.0173. The molecule has 210 valence electrons. The Morgan fingerprint density at radius 2 is 1.85 bits per heavy atom. The molecule has 3 aromatic carbocycles. The quantitative estimate of drug-likeness (QED) is 0.266. The topological polar surface area (TPSA) is 92.8 Å². The van der Waals surface area contributed by atoms with Gasteiger partial charge >= 0.3 is 5.97 Å². The van der Waals surface area contributed by atoms with Crippen LogP contribution in [0, 0.1) is 0 Å². The Labute approximate surface area is 239 Å². The van der Waals surface area contributed by atoms with Crippen LogP contribution in [-0.2, 0) is 16.0 Å². The van der Waals surface area contributed by atoms with Crippen molar-refractivity contribution in [2.75, 3.05) is 36.9 Å². The second-order valence-corrected chi connectivity index (χ2v) is 10.7. The summed E-state index contributed by atoms with van der Waals surface area (Å²) in [6, 6.07) is 23.2. The smallest absolute Gasteiger partial charge is 0.338 e. The number of aromatic nitrogens is 1. The van der Waals surface area contributed by atoms with E-state index in [1.54, 1.807) is 24.3 Å². The van der Waals surface area contributed by atoms with Crippen molar-refractivity contribution in [1.29, 1.82) is 0 Å². The van der Waals surface area contributed by atoms with Crippen molar-refractivity contribution >= 4 is 34.0 Å². The molecular weight excluding hydrogens is 516 g/mol. The number of hydrogen-bond donors (Lipinski definition) is 2. The zero-order valence-electron chi connectivity index (χ0n) is 22.9. The minimum Gasteiger partial charge on any atom is -0.459 e. The summed E-state index contributed by atoms with van der Waals surface area (Å²) < 4.78 is 10.8. The van der Waals surface area contributed by atoms with Crippen molar-refractivity contribution in [2.45, 2.75) is 38.0 Å². The molecule has 0 radical (unpaired) electrons. The fourth-order valence-corrected chi connectivity index (χ4v) is 5.56. The number of esters is 1. The van der Waals surface area contributed by atoms with Crippen LogP contribution in [0.25, 0.3) is 10.8 Å². The Morgan fingerprint density at radius 3 is 2.71 bits per heavy atom. The van der Waals surface area contributed by atoms with Gasteiger partial charge in [0.05, 0.1) is 11.7 Å². The average Bonchev–Trinajstić information content (AvgIpc) is 3.69. The van der Waals surface area contributed by atoms with E-state index < -0.39 is 5.97 Å². The standard InChI is InChI=1S/C33H34N4O4/c38-32(24-9-11-25(12-10-24)33(39)41-22-29-7-3-17-40-29)36-27-6-1-4-23(18-27)20-37-16-14-28(21-37)35-31-8-2-5-26-19-34-15-13-30(26)31/h1-2,4-6,8-13,15,18-19,28-29,35H,3,7,14,16-17,20-22H2,(H,36,38). The monoisotopic (exact) mass is 550 g/mol. The van der Waals surface area contributed by atoms with E-state index in [0.717, 1.165) is 67.8 Å². The molecule has 2 aliphatic heterocycles. The van der Waals surface area contributed by atoms with Gasteiger partial charge in [-0.15, -0.1) is 0 Å². The lowest BCUT2D eigenvalue weighted by atomic mass is 10.1. The summed E-state index contributed by atoms with van der Waals surface area (Å²) in [4.78, 5) is 31.9. The number of amides is 1. The van der Waals surface area contributed by atoms with Gasteiger partial charge in [0.1, 0.15) is 6.61 Å². The van der Waals surface area contributed by atoms with Crippen molar-refractivity contribution in [2.24, 2.45) is 0 Å². The lowest BCUT2D eigenvalue weighted by Crippen LogP contribution is -2.26. The molecule has 2 unspecified atom stereocenters. The van der Waals surface area contributed by atoms with Crippen LogP contribution in [0.15, 0.2) is 85.2 Å². The van der Waals surface area contributed by atoms with Crippen LogP contribution in [0.2, 0.25) is 0 Å². The third-order valence-electron chi connectivity index (χ3n) is 7.71. The molecule has 0 spiro atoms. The van der Waals surface area contributed by atoms with Gasteiger partial charge < -0.3 is 20.1 Å². The van der Waals surface area contributed by atoms with Gasteiger partial charge in [-0.25, -0.2) is 4.79 Å². The molecule has 3 heterocycles. The maximum atomic E-state index is 12.9. The number of carbonyl (C=O) groups is 2. The Balaban J connectivity index is 1.01. The van der Waals surface area contributed by atoms with Gasteiger partial charge in [-0.3, -0.25) is 14.7 Å². The number of carbonyl (C=O) groups excluding carboxylic acids is 2. The lowest BCUT2D eigenvalue weighted by molar-refractivity contribution is 0.0161. The third kappa shape index (κ3) is 6.73. The van der Waals surface area contributed by atoms with Crippen LogP contribution in [-0.4, -0.2) is 60.2 Å². The third-order valence-corrected chi connectivity index (χ3v) is 7.71. The predicted octanol–water partition coefficient (Wildman–Crippen LogP) is 5.51. The van der Waals surface area contributed by atoms with E-state index in [4.69, 9.17) is 9.47 Å². The highest BCUT2D eigenvalue weighted by molar-refractivity contribution is 6.04. The molecule has 4 aromatic rings. The first kappa shape index (κ1) is 26.9. The fraction of sp³-hybridized carbons (Fsp3) is 0.303. The van der Waals surface area contributed by atoms with Crippen molar-refractivity contribution in [3.63, 3.8) is 0 Å². The van der Waals surface area contributed by atoms with E-state index in [1.165, 1.54) is 5.39 Å². The van der Waals surface area contributed by atoms with E-state index in [0.29, 0.717) is 17.2 Å². The van der Waals surface area contributed by atoms with Gasteiger partial charge in [0, 0.05) is 72.4 Å². The van der Waals surface area contributed by atoms with Crippen LogP contribution in [0.5, 0.6) is 0 Å². The Bertz CT molecular complexity index is 1510. The van der Waals surface area contributed by atoms with E-state index in [1.807, 2.05) is 30.6 Å². The molecule has 2 fully saturated rings. The minimum atomic E-state index is -0.408. The van der Waals surface area contributed by atoms with Crippen molar-refractivity contribution < 1.29 is 19.1 Å². The predicted molar refractivity (Wildman–Crippen MR) is 159 cm³/mol. The van der Waals surface area contributed by atoms with Gasteiger partial charge in [-0.1, -0.05) is 24.3 Å². The first-order valence-corrected chi connectivity index (χ1v) is 14.2. The summed E-state index contributed by atoms with van der Waals surface area (Å²) in [5, 5.41) is 9.03. The number of likely N-dealkylation sites (tertiary alicyclic amines) is 1. The Hall–Kier alpha value is -4.27. The zero-order chi connectivity index (χ0) is 28.0.